The Morgan fingerprint density at radius 2 is 1.39 bits per heavy atom. The number of aromatic hydroxyl groups is 1. The van der Waals surface area contributed by atoms with Gasteiger partial charge in [-0.3, -0.25) is 0 Å². The highest BCUT2D eigenvalue weighted by molar-refractivity contribution is 5.98. The molecule has 1 heterocycles. The molecule has 256 valence electrons. The van der Waals surface area contributed by atoms with Crippen molar-refractivity contribution in [3.8, 4) is 28.7 Å². The van der Waals surface area contributed by atoms with Gasteiger partial charge in [0.15, 0.2) is 11.5 Å². The molecule has 8 nitrogen and oxygen atoms in total. The molecule has 1 aliphatic rings. The van der Waals surface area contributed by atoms with Crippen LogP contribution in [-0.2, 0) is 4.74 Å². The Morgan fingerprint density at radius 1 is 0.826 bits per heavy atom. The molecule has 2 aromatic carbocycles. The molecule has 0 bridgehead atoms. The number of nitrogens with zero attached hydrogens (tertiary/aromatic N) is 1. The van der Waals surface area contributed by atoms with Gasteiger partial charge < -0.3 is 28.8 Å². The van der Waals surface area contributed by atoms with E-state index in [-0.39, 0.29) is 23.1 Å². The molecule has 0 aromatic heterocycles. The molecule has 0 saturated heterocycles. The fraction of sp³-hybridized carbons (Fsp3) is 0.632. The largest absolute Gasteiger partial charge is 0.507 e. The minimum atomic E-state index is -0.584. The molecular weight excluding hydrogens is 582 g/mol. The fourth-order valence-corrected chi connectivity index (χ4v) is 5.20. The van der Waals surface area contributed by atoms with E-state index in [1.165, 1.54) is 6.07 Å². The number of aliphatic imine (C=N–C) groups is 1. The molecule has 0 spiro atoms. The monoisotopic (exact) mass is 639 g/mol. The Hall–Kier alpha value is -3.42. The maximum Gasteiger partial charge on any atom is 0.343 e. The smallest absolute Gasteiger partial charge is 0.343 e. The summed E-state index contributed by atoms with van der Waals surface area (Å²) in [6.07, 6.45) is 13.8. The minimum Gasteiger partial charge on any atom is -0.507 e. The van der Waals surface area contributed by atoms with Crippen molar-refractivity contribution in [3.63, 3.8) is 0 Å². The predicted molar refractivity (Wildman–Crippen MR) is 184 cm³/mol. The van der Waals surface area contributed by atoms with Gasteiger partial charge in [0.1, 0.15) is 18.1 Å². The number of carbonyl (C=O) groups excluding carboxylic acids is 1. The van der Waals surface area contributed by atoms with Crippen molar-refractivity contribution < 1.29 is 33.6 Å². The molecule has 1 unspecified atom stereocenters. The Bertz CT molecular complexity index is 1190. The van der Waals surface area contributed by atoms with Gasteiger partial charge >= 0.3 is 5.97 Å². The fourth-order valence-electron chi connectivity index (χ4n) is 5.20. The summed E-state index contributed by atoms with van der Waals surface area (Å²) in [6, 6.07) is 8.14. The van der Waals surface area contributed by atoms with E-state index in [2.05, 4.69) is 39.6 Å². The second-order valence-electron chi connectivity index (χ2n) is 12.3. The van der Waals surface area contributed by atoms with Crippen molar-refractivity contribution in [2.45, 2.75) is 124 Å². The molecule has 0 aliphatic carbocycles. The average Bonchev–Trinajstić information content (AvgIpc) is 3.55. The van der Waals surface area contributed by atoms with Gasteiger partial charge in [-0.25, -0.2) is 9.79 Å². The number of phenolic OH excluding ortho intramolecular Hbond substituents is 1. The lowest BCUT2D eigenvalue weighted by molar-refractivity contribution is 0.0733. The van der Waals surface area contributed by atoms with Crippen LogP contribution in [-0.4, -0.2) is 49.4 Å². The third-order valence-corrected chi connectivity index (χ3v) is 8.40. The van der Waals surface area contributed by atoms with Crippen LogP contribution in [0.15, 0.2) is 35.3 Å². The Kier molecular flexibility index (Phi) is 16.6. The standard InChI is InChI=1S/C38H57NO7/c1-6-10-13-16-21-42-34-24-29(25-35(43-22-17-14-11-7-2)36(34)44-23-18-15-12-8-3)38(41)46-30-19-20-31(33(40)26-30)37-39-32(27-45-37)28(5)9-4/h19-20,24-26,28,32,40H,6-18,21-23,27H2,1-5H3/t28?,32-/m1/s1. The highest BCUT2D eigenvalue weighted by atomic mass is 16.5. The summed E-state index contributed by atoms with van der Waals surface area (Å²) in [5.74, 6) is 1.86. The van der Waals surface area contributed by atoms with Crippen LogP contribution in [0.2, 0.25) is 0 Å². The summed E-state index contributed by atoms with van der Waals surface area (Å²) >= 11 is 0. The van der Waals surface area contributed by atoms with Gasteiger partial charge in [-0.15, -0.1) is 0 Å². The first-order chi connectivity index (χ1) is 22.4. The molecule has 2 aromatic rings. The number of ether oxygens (including phenoxy) is 5. The summed E-state index contributed by atoms with van der Waals surface area (Å²) in [6.45, 7) is 12.9. The number of phenols is 1. The van der Waals surface area contributed by atoms with Crippen LogP contribution in [0.3, 0.4) is 0 Å². The summed E-state index contributed by atoms with van der Waals surface area (Å²) < 4.78 is 30.3. The van der Waals surface area contributed by atoms with Gasteiger partial charge in [0.2, 0.25) is 11.6 Å². The van der Waals surface area contributed by atoms with Gasteiger partial charge in [0, 0.05) is 6.07 Å². The van der Waals surface area contributed by atoms with Gasteiger partial charge in [0.25, 0.3) is 0 Å². The quantitative estimate of drug-likeness (QED) is 0.0735. The molecule has 1 aliphatic heterocycles. The molecule has 3 rings (SSSR count). The second kappa shape index (κ2) is 20.7. The highest BCUT2D eigenvalue weighted by Crippen LogP contribution is 2.40. The number of esters is 1. The molecular formula is C38H57NO7. The third-order valence-electron chi connectivity index (χ3n) is 8.40. The molecule has 0 radical (unpaired) electrons. The van der Waals surface area contributed by atoms with E-state index in [0.717, 1.165) is 83.5 Å². The van der Waals surface area contributed by atoms with Crippen molar-refractivity contribution in [2.75, 3.05) is 26.4 Å². The van der Waals surface area contributed by atoms with Crippen LogP contribution >= 0.6 is 0 Å². The van der Waals surface area contributed by atoms with Crippen LogP contribution in [0.1, 0.15) is 134 Å². The molecule has 0 fully saturated rings. The maximum atomic E-state index is 13.5. The summed E-state index contributed by atoms with van der Waals surface area (Å²) in [5.41, 5.74) is 0.762. The van der Waals surface area contributed by atoms with Crippen molar-refractivity contribution in [1.82, 2.24) is 0 Å². The number of benzene rings is 2. The number of carbonyl (C=O) groups is 1. The molecule has 0 amide bonds. The third kappa shape index (κ3) is 11.7. The number of rotatable bonds is 23. The average molecular weight is 640 g/mol. The van der Waals surface area contributed by atoms with E-state index in [4.69, 9.17) is 23.7 Å². The van der Waals surface area contributed by atoms with E-state index in [0.29, 0.717) is 61.1 Å². The minimum absolute atomic E-state index is 0.0614. The molecule has 46 heavy (non-hydrogen) atoms. The lowest BCUT2D eigenvalue weighted by atomic mass is 10.0. The predicted octanol–water partition coefficient (Wildman–Crippen LogP) is 9.68. The first-order valence-corrected chi connectivity index (χ1v) is 17.7. The summed E-state index contributed by atoms with van der Waals surface area (Å²) in [4.78, 5) is 18.2. The summed E-state index contributed by atoms with van der Waals surface area (Å²) in [7, 11) is 0. The SMILES string of the molecule is CCCCCCOc1cc(C(=O)Oc2ccc(C3=N[C@@H](C(C)CC)CO3)c(O)c2)cc(OCCCCCC)c1OCCCCCC. The zero-order chi connectivity index (χ0) is 33.1. The van der Waals surface area contributed by atoms with E-state index in [1.807, 2.05) is 0 Å². The van der Waals surface area contributed by atoms with Crippen molar-refractivity contribution >= 4 is 11.9 Å². The van der Waals surface area contributed by atoms with E-state index < -0.39 is 5.97 Å². The Labute approximate surface area is 276 Å². The van der Waals surface area contributed by atoms with Crippen molar-refractivity contribution in [1.29, 1.82) is 0 Å². The van der Waals surface area contributed by atoms with Crippen molar-refractivity contribution in [3.05, 3.63) is 41.5 Å². The first kappa shape index (κ1) is 37.0. The van der Waals surface area contributed by atoms with Gasteiger partial charge in [-0.1, -0.05) is 98.8 Å². The summed E-state index contributed by atoms with van der Waals surface area (Å²) in [5, 5.41) is 10.8. The topological polar surface area (TPSA) is 95.8 Å². The number of unbranched alkanes of at least 4 members (excludes halogenated alkanes) is 9. The van der Waals surface area contributed by atoms with Crippen LogP contribution in [0.4, 0.5) is 0 Å². The number of hydrogen-bond acceptors (Lipinski definition) is 8. The normalized spacial score (nSPS) is 14.8. The van der Waals surface area contributed by atoms with Gasteiger partial charge in [-0.2, -0.15) is 0 Å². The highest BCUT2D eigenvalue weighted by Gasteiger charge is 2.26. The molecule has 8 heteroatoms. The molecule has 0 saturated carbocycles. The van der Waals surface area contributed by atoms with Crippen LogP contribution in [0, 0.1) is 5.92 Å². The van der Waals surface area contributed by atoms with E-state index in [9.17, 15) is 9.90 Å². The molecule has 2 atom stereocenters. The van der Waals surface area contributed by atoms with Crippen LogP contribution < -0.4 is 18.9 Å². The maximum absolute atomic E-state index is 13.5. The van der Waals surface area contributed by atoms with Crippen LogP contribution in [0.25, 0.3) is 0 Å². The van der Waals surface area contributed by atoms with E-state index >= 15 is 0 Å². The lowest BCUT2D eigenvalue weighted by Gasteiger charge is -2.19. The zero-order valence-electron chi connectivity index (χ0n) is 28.9. The van der Waals surface area contributed by atoms with E-state index in [1.54, 1.807) is 24.3 Å². The second-order valence-corrected chi connectivity index (χ2v) is 12.3. The van der Waals surface area contributed by atoms with Crippen molar-refractivity contribution in [2.24, 2.45) is 10.9 Å². The zero-order valence-corrected chi connectivity index (χ0v) is 28.9. The van der Waals surface area contributed by atoms with Gasteiger partial charge in [0.05, 0.1) is 37.0 Å². The lowest BCUT2D eigenvalue weighted by Crippen LogP contribution is -2.16. The van der Waals surface area contributed by atoms with Gasteiger partial charge in [-0.05, 0) is 49.4 Å². The van der Waals surface area contributed by atoms with Crippen LogP contribution in [0.5, 0.6) is 28.7 Å². The number of hydrogen-bond donors (Lipinski definition) is 1. The Balaban J connectivity index is 1.83. The first-order valence-electron chi connectivity index (χ1n) is 17.7. The Morgan fingerprint density at radius 3 is 1.91 bits per heavy atom. The molecule has 1 N–H and O–H groups in total.